The van der Waals surface area contributed by atoms with Gasteiger partial charge in [0.15, 0.2) is 5.13 Å². The molecule has 3 heterocycles. The van der Waals surface area contributed by atoms with Crippen molar-refractivity contribution < 1.29 is 14.7 Å². The number of aliphatic carboxylic acids is 1. The van der Waals surface area contributed by atoms with Gasteiger partial charge in [-0.05, 0) is 25.8 Å². The molecule has 7 nitrogen and oxygen atoms in total. The van der Waals surface area contributed by atoms with Crippen LogP contribution in [-0.4, -0.2) is 59.2 Å². The third kappa shape index (κ3) is 3.49. The molecule has 2 fully saturated rings. The van der Waals surface area contributed by atoms with Crippen molar-refractivity contribution in [3.63, 3.8) is 0 Å². The first-order valence-electron chi connectivity index (χ1n) is 9.42. The number of carbonyl (C=O) groups is 2. The van der Waals surface area contributed by atoms with Gasteiger partial charge >= 0.3 is 12.0 Å². The number of nitrogens with one attached hydrogen (secondary N) is 1. The van der Waals surface area contributed by atoms with Gasteiger partial charge in [-0.25, -0.2) is 9.78 Å². The molecule has 0 spiro atoms. The molecular formula is C20H24N4O3S. The minimum absolute atomic E-state index is 0.0404. The molecule has 2 aromatic rings. The van der Waals surface area contributed by atoms with E-state index in [0.29, 0.717) is 13.0 Å². The number of carboxylic acids is 1. The molecule has 2 N–H and O–H groups in total. The van der Waals surface area contributed by atoms with E-state index >= 15 is 0 Å². The molecule has 2 saturated heterocycles. The number of hydrogen-bond donors (Lipinski definition) is 2. The lowest BCUT2D eigenvalue weighted by Crippen LogP contribution is -2.49. The van der Waals surface area contributed by atoms with Crippen LogP contribution in [0.15, 0.2) is 29.6 Å². The van der Waals surface area contributed by atoms with E-state index in [9.17, 15) is 14.7 Å². The minimum Gasteiger partial charge on any atom is -0.481 e. The van der Waals surface area contributed by atoms with E-state index in [0.717, 1.165) is 41.6 Å². The highest BCUT2D eigenvalue weighted by atomic mass is 32.1. The fourth-order valence-corrected chi connectivity index (χ4v) is 4.52. The summed E-state index contributed by atoms with van der Waals surface area (Å²) in [5.41, 5.74) is 1.97. The van der Waals surface area contributed by atoms with Crippen LogP contribution in [0.25, 0.3) is 11.3 Å². The quantitative estimate of drug-likeness (QED) is 0.806. The summed E-state index contributed by atoms with van der Waals surface area (Å²) in [5.74, 6) is -0.803. The van der Waals surface area contributed by atoms with Gasteiger partial charge in [-0.2, -0.15) is 0 Å². The van der Waals surface area contributed by atoms with Crippen molar-refractivity contribution in [2.75, 3.05) is 31.1 Å². The standard InChI is InChI=1S/C20H24N4O3S/c1-20(2,17(25)26)9-13-3-5-14(6-4-13)16-12-28-18(22-16)24-11-15-10-21-7-8-23(15)19(24)27/h3-6,12,15,21H,7-11H2,1-2H3,(H,25,26)/t15-/m0/s1. The van der Waals surface area contributed by atoms with Crippen molar-refractivity contribution in [1.29, 1.82) is 0 Å². The Kier molecular flexibility index (Phi) is 4.84. The number of piperazine rings is 1. The average Bonchev–Trinajstić information content (AvgIpc) is 3.27. The van der Waals surface area contributed by atoms with Crippen molar-refractivity contribution in [1.82, 2.24) is 15.2 Å². The monoisotopic (exact) mass is 400 g/mol. The Morgan fingerprint density at radius 1 is 1.36 bits per heavy atom. The molecule has 4 rings (SSSR count). The van der Waals surface area contributed by atoms with Crippen LogP contribution in [0.5, 0.6) is 0 Å². The van der Waals surface area contributed by atoms with Crippen LogP contribution in [0.3, 0.4) is 0 Å². The summed E-state index contributed by atoms with van der Waals surface area (Å²) in [5, 5.41) is 15.3. The maximum atomic E-state index is 12.7. The molecule has 0 saturated carbocycles. The van der Waals surface area contributed by atoms with Crippen LogP contribution >= 0.6 is 11.3 Å². The third-order valence-corrected chi connectivity index (χ3v) is 6.28. The second-order valence-corrected chi connectivity index (χ2v) is 8.86. The van der Waals surface area contributed by atoms with Crippen molar-refractivity contribution >= 4 is 28.5 Å². The summed E-state index contributed by atoms with van der Waals surface area (Å²) >= 11 is 1.48. The predicted octanol–water partition coefficient (Wildman–Crippen LogP) is 2.68. The zero-order chi connectivity index (χ0) is 19.9. The lowest BCUT2D eigenvalue weighted by Gasteiger charge is -2.28. The summed E-state index contributed by atoms with van der Waals surface area (Å²) in [6.45, 7) is 6.53. The summed E-state index contributed by atoms with van der Waals surface area (Å²) < 4.78 is 0. The van der Waals surface area contributed by atoms with Crippen LogP contribution in [0.4, 0.5) is 9.93 Å². The zero-order valence-electron chi connectivity index (χ0n) is 16.0. The first kappa shape index (κ1) is 18.9. The smallest absolute Gasteiger partial charge is 0.326 e. The SMILES string of the molecule is CC(C)(Cc1ccc(-c2csc(N3C[C@@H]4CNCCN4C3=O)n2)cc1)C(=O)O. The topological polar surface area (TPSA) is 85.8 Å². The van der Waals surface area contributed by atoms with Crippen LogP contribution in [0.1, 0.15) is 19.4 Å². The highest BCUT2D eigenvalue weighted by Crippen LogP contribution is 2.32. The number of benzene rings is 1. The average molecular weight is 401 g/mol. The molecule has 8 heteroatoms. The van der Waals surface area contributed by atoms with E-state index in [1.807, 2.05) is 34.5 Å². The van der Waals surface area contributed by atoms with Crippen LogP contribution in [0.2, 0.25) is 0 Å². The summed E-state index contributed by atoms with van der Waals surface area (Å²) in [6, 6.07) is 8.08. The van der Waals surface area contributed by atoms with E-state index in [4.69, 9.17) is 0 Å². The molecule has 148 valence electrons. The van der Waals surface area contributed by atoms with E-state index in [-0.39, 0.29) is 12.1 Å². The van der Waals surface area contributed by atoms with Crippen molar-refractivity contribution in [3.8, 4) is 11.3 Å². The van der Waals surface area contributed by atoms with Crippen LogP contribution in [0, 0.1) is 5.41 Å². The first-order chi connectivity index (χ1) is 13.3. The predicted molar refractivity (Wildman–Crippen MR) is 109 cm³/mol. The summed E-state index contributed by atoms with van der Waals surface area (Å²) in [6.07, 6.45) is 0.471. The second kappa shape index (κ2) is 7.18. The highest BCUT2D eigenvalue weighted by Gasteiger charge is 2.40. The number of carbonyl (C=O) groups excluding carboxylic acids is 1. The first-order valence-corrected chi connectivity index (χ1v) is 10.3. The number of nitrogens with zero attached hydrogens (tertiary/aromatic N) is 3. The number of thiazole rings is 1. The molecule has 0 bridgehead atoms. The van der Waals surface area contributed by atoms with Gasteiger partial charge in [-0.3, -0.25) is 9.69 Å². The van der Waals surface area contributed by atoms with Crippen LogP contribution in [-0.2, 0) is 11.2 Å². The summed E-state index contributed by atoms with van der Waals surface area (Å²) in [7, 11) is 0. The Labute approximate surface area is 168 Å². The fourth-order valence-electron chi connectivity index (χ4n) is 3.68. The van der Waals surface area contributed by atoms with Gasteiger partial charge in [-0.15, -0.1) is 11.3 Å². The Hall–Kier alpha value is -2.45. The number of anilines is 1. The summed E-state index contributed by atoms with van der Waals surface area (Å²) in [4.78, 5) is 32.4. The number of fused-ring (bicyclic) bond motifs is 1. The van der Waals surface area contributed by atoms with Gasteiger partial charge in [0.1, 0.15) is 0 Å². The van der Waals surface area contributed by atoms with Crippen LogP contribution < -0.4 is 10.2 Å². The molecule has 2 amide bonds. The van der Waals surface area contributed by atoms with E-state index in [1.165, 1.54) is 11.3 Å². The Morgan fingerprint density at radius 3 is 2.79 bits per heavy atom. The van der Waals surface area contributed by atoms with Gasteiger partial charge in [-0.1, -0.05) is 24.3 Å². The lowest BCUT2D eigenvalue weighted by molar-refractivity contribution is -0.146. The normalized spacial score (nSPS) is 19.8. The third-order valence-electron chi connectivity index (χ3n) is 5.42. The van der Waals surface area contributed by atoms with E-state index in [2.05, 4.69) is 10.3 Å². The van der Waals surface area contributed by atoms with Gasteiger partial charge in [0.25, 0.3) is 0 Å². The molecule has 28 heavy (non-hydrogen) atoms. The lowest BCUT2D eigenvalue weighted by atomic mass is 9.86. The Balaban J connectivity index is 1.49. The molecule has 0 radical (unpaired) electrons. The molecule has 2 aliphatic heterocycles. The molecule has 1 aromatic carbocycles. The largest absolute Gasteiger partial charge is 0.481 e. The van der Waals surface area contributed by atoms with Gasteiger partial charge in [0.2, 0.25) is 0 Å². The molecule has 1 aromatic heterocycles. The number of urea groups is 1. The highest BCUT2D eigenvalue weighted by molar-refractivity contribution is 7.14. The maximum Gasteiger partial charge on any atom is 0.326 e. The zero-order valence-corrected chi connectivity index (χ0v) is 16.8. The number of rotatable bonds is 5. The second-order valence-electron chi connectivity index (χ2n) is 8.02. The number of carboxylic acid groups (broad SMARTS) is 1. The van der Waals surface area contributed by atoms with Gasteiger partial charge < -0.3 is 15.3 Å². The van der Waals surface area contributed by atoms with Gasteiger partial charge in [0, 0.05) is 30.6 Å². The number of amides is 2. The van der Waals surface area contributed by atoms with E-state index in [1.54, 1.807) is 18.7 Å². The maximum absolute atomic E-state index is 12.7. The molecule has 0 aliphatic carbocycles. The molecule has 1 atom stereocenters. The molecule has 0 unspecified atom stereocenters. The van der Waals surface area contributed by atoms with Gasteiger partial charge in [0.05, 0.1) is 23.7 Å². The number of hydrogen-bond acceptors (Lipinski definition) is 5. The van der Waals surface area contributed by atoms with Crippen molar-refractivity contribution in [2.45, 2.75) is 26.3 Å². The van der Waals surface area contributed by atoms with Crippen molar-refractivity contribution in [2.24, 2.45) is 5.41 Å². The molecule has 2 aliphatic rings. The minimum atomic E-state index is -0.803. The Morgan fingerprint density at radius 2 is 2.11 bits per heavy atom. The number of aromatic nitrogens is 1. The Bertz CT molecular complexity index is 893. The molecular weight excluding hydrogens is 376 g/mol. The van der Waals surface area contributed by atoms with E-state index < -0.39 is 11.4 Å². The fraction of sp³-hybridized carbons (Fsp3) is 0.450. The van der Waals surface area contributed by atoms with Crippen molar-refractivity contribution in [3.05, 3.63) is 35.2 Å².